The van der Waals surface area contributed by atoms with E-state index in [1.165, 1.54) is 4.31 Å². The molecule has 3 aromatic rings. The van der Waals surface area contributed by atoms with Gasteiger partial charge in [-0.15, -0.1) is 0 Å². The maximum atomic E-state index is 14.5. The molecule has 218 valence electrons. The molecule has 8 nitrogen and oxygen atoms in total. The maximum absolute atomic E-state index is 14.5. The third kappa shape index (κ3) is 7.69. The Bertz CT molecular complexity index is 1290. The fourth-order valence-corrected chi connectivity index (χ4v) is 7.00. The molecule has 0 aliphatic carbocycles. The van der Waals surface area contributed by atoms with E-state index in [1.54, 1.807) is 21.1 Å². The van der Waals surface area contributed by atoms with Crippen LogP contribution in [0.15, 0.2) is 60.7 Å². The number of hydrogen-bond donors (Lipinski definition) is 0. The molecule has 2 atom stereocenters. The van der Waals surface area contributed by atoms with Crippen LogP contribution in [0.4, 0.5) is 0 Å². The number of aryl methyl sites for hydroxylation is 1. The molecule has 3 rings (SSSR count). The molecule has 0 spiro atoms. The van der Waals surface area contributed by atoms with Crippen LogP contribution in [0.5, 0.6) is 11.5 Å². The van der Waals surface area contributed by atoms with Crippen molar-refractivity contribution in [3.05, 3.63) is 83.2 Å². The SMILES string of the molecule is COc1ccc(CN(Cc2ccc(OC)cc2)S(=O)(=O)[C@@H](C)[C@@H](O[Si](C)(C)C(C)(C)C)c2ccc(C)nn2)cc1. The number of methoxy groups -OCH3 is 2. The molecule has 40 heavy (non-hydrogen) atoms. The fourth-order valence-electron chi connectivity index (χ4n) is 3.95. The summed E-state index contributed by atoms with van der Waals surface area (Å²) in [4.78, 5) is 0. The Kier molecular flexibility index (Phi) is 10.2. The van der Waals surface area contributed by atoms with E-state index in [4.69, 9.17) is 13.9 Å². The van der Waals surface area contributed by atoms with Crippen LogP contribution in [0.25, 0.3) is 0 Å². The molecule has 1 heterocycles. The largest absolute Gasteiger partial charge is 0.497 e. The maximum Gasteiger partial charge on any atom is 0.220 e. The van der Waals surface area contributed by atoms with Crippen molar-refractivity contribution in [2.45, 2.75) is 77.2 Å². The Hall–Kier alpha value is -2.79. The van der Waals surface area contributed by atoms with Crippen LogP contribution in [0, 0.1) is 6.92 Å². The third-order valence-electron chi connectivity index (χ3n) is 7.63. The molecule has 0 aliphatic rings. The molecule has 0 fully saturated rings. The van der Waals surface area contributed by atoms with Gasteiger partial charge in [-0.25, -0.2) is 8.42 Å². The van der Waals surface area contributed by atoms with Crippen LogP contribution in [0.1, 0.15) is 56.3 Å². The van der Waals surface area contributed by atoms with Gasteiger partial charge in [0.15, 0.2) is 8.32 Å². The Labute approximate surface area is 240 Å². The van der Waals surface area contributed by atoms with Crippen molar-refractivity contribution in [2.75, 3.05) is 14.2 Å². The summed E-state index contributed by atoms with van der Waals surface area (Å²) in [5, 5.41) is 7.56. The van der Waals surface area contributed by atoms with Crippen molar-refractivity contribution in [3.8, 4) is 11.5 Å². The quantitative estimate of drug-likeness (QED) is 0.231. The minimum absolute atomic E-state index is 0.126. The van der Waals surface area contributed by atoms with E-state index in [9.17, 15) is 8.42 Å². The summed E-state index contributed by atoms with van der Waals surface area (Å²) in [5.41, 5.74) is 2.97. The lowest BCUT2D eigenvalue weighted by atomic mass is 10.2. The number of aromatic nitrogens is 2. The molecule has 0 unspecified atom stereocenters. The van der Waals surface area contributed by atoms with Gasteiger partial charge >= 0.3 is 0 Å². The Morgan fingerprint density at radius 3 is 1.68 bits per heavy atom. The molecule has 1 aromatic heterocycles. The van der Waals surface area contributed by atoms with Crippen LogP contribution in [-0.4, -0.2) is 50.7 Å². The second kappa shape index (κ2) is 12.8. The van der Waals surface area contributed by atoms with E-state index in [0.29, 0.717) is 17.2 Å². The second-order valence-electron chi connectivity index (χ2n) is 11.6. The normalized spacial score (nSPS) is 14.2. The minimum atomic E-state index is -3.90. The number of ether oxygens (including phenoxy) is 2. The standard InChI is InChI=1S/C30H43N3O5SSi/c1-22-10-19-28(32-31-22)29(38-40(8,9)30(3,4)5)23(2)39(34,35)33(20-24-11-15-26(36-6)16-12-24)21-25-13-17-27(37-7)18-14-25/h10-19,23,29H,20-21H2,1-9H3/t23-,29+/m0/s1. The Balaban J connectivity index is 2.05. The number of hydrogen-bond acceptors (Lipinski definition) is 7. The van der Waals surface area contributed by atoms with Crippen molar-refractivity contribution < 1.29 is 22.3 Å². The number of sulfonamides is 1. The first-order valence-electron chi connectivity index (χ1n) is 13.4. The molecule has 10 heteroatoms. The van der Waals surface area contributed by atoms with E-state index in [1.807, 2.05) is 67.6 Å². The molecule has 0 saturated heterocycles. The highest BCUT2D eigenvalue weighted by Gasteiger charge is 2.44. The summed E-state index contributed by atoms with van der Waals surface area (Å²) in [5.74, 6) is 1.42. The van der Waals surface area contributed by atoms with Crippen molar-refractivity contribution in [2.24, 2.45) is 0 Å². The average Bonchev–Trinajstić information content (AvgIpc) is 2.91. The van der Waals surface area contributed by atoms with E-state index in [2.05, 4.69) is 44.1 Å². The fraction of sp³-hybridized carbons (Fsp3) is 0.467. The lowest BCUT2D eigenvalue weighted by molar-refractivity contribution is 0.172. The molecule has 0 amide bonds. The molecule has 0 bridgehead atoms. The zero-order valence-electron chi connectivity index (χ0n) is 25.1. The van der Waals surface area contributed by atoms with Gasteiger partial charge in [0.1, 0.15) is 22.9 Å². The summed E-state index contributed by atoms with van der Waals surface area (Å²) in [6.45, 7) is 14.6. The second-order valence-corrected chi connectivity index (χ2v) is 18.7. The topological polar surface area (TPSA) is 90.9 Å². The van der Waals surface area contributed by atoms with Crippen LogP contribution in [0.2, 0.25) is 18.1 Å². The van der Waals surface area contributed by atoms with Crippen molar-refractivity contribution in [3.63, 3.8) is 0 Å². The van der Waals surface area contributed by atoms with Crippen molar-refractivity contribution >= 4 is 18.3 Å². The molecule has 0 saturated carbocycles. The first-order chi connectivity index (χ1) is 18.7. The van der Waals surface area contributed by atoms with Gasteiger partial charge in [-0.2, -0.15) is 14.5 Å². The van der Waals surface area contributed by atoms with Gasteiger partial charge in [0.2, 0.25) is 10.0 Å². The lowest BCUT2D eigenvalue weighted by Gasteiger charge is -2.41. The molecular formula is C30H43N3O5SSi. The Morgan fingerprint density at radius 2 is 1.30 bits per heavy atom. The van der Waals surface area contributed by atoms with Gasteiger partial charge < -0.3 is 13.9 Å². The van der Waals surface area contributed by atoms with E-state index in [-0.39, 0.29) is 18.1 Å². The summed E-state index contributed by atoms with van der Waals surface area (Å²) in [6.07, 6.45) is -0.784. The van der Waals surface area contributed by atoms with Crippen LogP contribution < -0.4 is 9.47 Å². The highest BCUT2D eigenvalue weighted by Crippen LogP contribution is 2.41. The predicted molar refractivity (Wildman–Crippen MR) is 161 cm³/mol. The molecule has 0 N–H and O–H groups in total. The third-order valence-corrected chi connectivity index (χ3v) is 14.3. The van der Waals surface area contributed by atoms with Crippen LogP contribution >= 0.6 is 0 Å². The number of nitrogens with zero attached hydrogens (tertiary/aromatic N) is 3. The van der Waals surface area contributed by atoms with Gasteiger partial charge in [0.05, 0.1) is 25.6 Å². The highest BCUT2D eigenvalue weighted by atomic mass is 32.2. The summed E-state index contributed by atoms with van der Waals surface area (Å²) >= 11 is 0. The number of rotatable bonds is 12. The minimum Gasteiger partial charge on any atom is -0.497 e. The zero-order valence-corrected chi connectivity index (χ0v) is 27.0. The van der Waals surface area contributed by atoms with Gasteiger partial charge in [0, 0.05) is 13.1 Å². The first kappa shape index (κ1) is 31.7. The zero-order chi connectivity index (χ0) is 29.7. The van der Waals surface area contributed by atoms with E-state index in [0.717, 1.165) is 16.8 Å². The number of benzene rings is 2. The van der Waals surface area contributed by atoms with Gasteiger partial charge in [-0.1, -0.05) is 45.0 Å². The highest BCUT2D eigenvalue weighted by molar-refractivity contribution is 7.89. The summed E-state index contributed by atoms with van der Waals surface area (Å²) in [6, 6.07) is 18.5. The van der Waals surface area contributed by atoms with Gasteiger partial charge in [0.25, 0.3) is 0 Å². The predicted octanol–water partition coefficient (Wildman–Crippen LogP) is 6.29. The molecule has 0 aliphatic heterocycles. The Morgan fingerprint density at radius 1 is 0.825 bits per heavy atom. The van der Waals surface area contributed by atoms with E-state index >= 15 is 0 Å². The first-order valence-corrected chi connectivity index (χ1v) is 17.8. The molecule has 2 aromatic carbocycles. The summed E-state index contributed by atoms with van der Waals surface area (Å²) < 4.78 is 47.8. The lowest BCUT2D eigenvalue weighted by Crippen LogP contribution is -2.47. The smallest absolute Gasteiger partial charge is 0.220 e. The monoisotopic (exact) mass is 585 g/mol. The average molecular weight is 586 g/mol. The van der Waals surface area contributed by atoms with Gasteiger partial charge in [-0.3, -0.25) is 0 Å². The van der Waals surface area contributed by atoms with Crippen molar-refractivity contribution in [1.29, 1.82) is 0 Å². The molecular weight excluding hydrogens is 542 g/mol. The van der Waals surface area contributed by atoms with Gasteiger partial charge in [-0.05, 0) is 79.5 Å². The van der Waals surface area contributed by atoms with Crippen molar-refractivity contribution in [1.82, 2.24) is 14.5 Å². The van der Waals surface area contributed by atoms with Crippen LogP contribution in [-0.2, 0) is 27.5 Å². The van der Waals surface area contributed by atoms with Crippen LogP contribution in [0.3, 0.4) is 0 Å². The molecule has 0 radical (unpaired) electrons. The van der Waals surface area contributed by atoms with E-state index < -0.39 is 29.7 Å². The summed E-state index contributed by atoms with van der Waals surface area (Å²) in [7, 11) is -3.08.